The Balaban J connectivity index is 2.19. The molecule has 0 heterocycles. The summed E-state index contributed by atoms with van der Waals surface area (Å²) >= 11 is 3.73. The van der Waals surface area contributed by atoms with E-state index in [4.69, 9.17) is 0 Å². The van der Waals surface area contributed by atoms with E-state index in [0.717, 1.165) is 13.1 Å². The summed E-state index contributed by atoms with van der Waals surface area (Å²) in [5.41, 5.74) is 2.61. The molecular formula is C16H23BrN2. The first kappa shape index (κ1) is 14.6. The number of hydrogen-bond donors (Lipinski definition) is 1. The molecule has 1 saturated carbocycles. The average molecular weight is 323 g/mol. The minimum atomic E-state index is 0.393. The second-order valence-electron chi connectivity index (χ2n) is 5.16. The summed E-state index contributed by atoms with van der Waals surface area (Å²) in [5.74, 6) is 0. The molecule has 1 aliphatic carbocycles. The summed E-state index contributed by atoms with van der Waals surface area (Å²) in [5, 5.41) is 3.45. The van der Waals surface area contributed by atoms with Crippen LogP contribution in [0.5, 0.6) is 0 Å². The van der Waals surface area contributed by atoms with E-state index in [1.54, 1.807) is 0 Å². The van der Waals surface area contributed by atoms with Crippen molar-refractivity contribution in [3.63, 3.8) is 0 Å². The van der Waals surface area contributed by atoms with Crippen LogP contribution >= 0.6 is 15.9 Å². The summed E-state index contributed by atoms with van der Waals surface area (Å²) in [7, 11) is 0. The van der Waals surface area contributed by atoms with Crippen molar-refractivity contribution >= 4 is 21.6 Å². The van der Waals surface area contributed by atoms with Crippen LogP contribution in [0.2, 0.25) is 0 Å². The van der Waals surface area contributed by atoms with Crippen LogP contribution in [0.4, 0.5) is 5.69 Å². The van der Waals surface area contributed by atoms with E-state index in [1.807, 2.05) is 6.08 Å². The van der Waals surface area contributed by atoms with Crippen molar-refractivity contribution < 1.29 is 0 Å². The molecule has 2 nitrogen and oxygen atoms in total. The molecule has 1 unspecified atom stereocenters. The maximum Gasteiger partial charge on any atom is 0.0516 e. The number of halogens is 1. The highest BCUT2D eigenvalue weighted by atomic mass is 79.9. The molecule has 104 valence electrons. The molecule has 1 atom stereocenters. The van der Waals surface area contributed by atoms with Gasteiger partial charge in [0.2, 0.25) is 0 Å². The van der Waals surface area contributed by atoms with Crippen LogP contribution in [0, 0.1) is 0 Å². The topological polar surface area (TPSA) is 15.3 Å². The van der Waals surface area contributed by atoms with Crippen molar-refractivity contribution in [2.24, 2.45) is 0 Å². The monoisotopic (exact) mass is 322 g/mol. The summed E-state index contributed by atoms with van der Waals surface area (Å²) in [6, 6.07) is 7.79. The zero-order valence-electron chi connectivity index (χ0n) is 11.8. The van der Waals surface area contributed by atoms with E-state index in [0.29, 0.717) is 12.1 Å². The van der Waals surface area contributed by atoms with Crippen LogP contribution in [0.25, 0.3) is 0 Å². The molecule has 0 radical (unpaired) electrons. The molecule has 1 aliphatic rings. The predicted octanol–water partition coefficient (Wildman–Crippen LogP) is 4.27. The standard InChI is InChI=1S/C16H23BrN2/c1-4-10-19(14-7-8-14)16-9-6-13(11-15(16)17)12(3)18-5-2/h4,6,9,11-12,14,18H,1,5,7-8,10H2,2-3H3. The third kappa shape index (κ3) is 3.61. The predicted molar refractivity (Wildman–Crippen MR) is 86.8 cm³/mol. The van der Waals surface area contributed by atoms with Gasteiger partial charge in [-0.2, -0.15) is 0 Å². The van der Waals surface area contributed by atoms with E-state index in [9.17, 15) is 0 Å². The molecule has 1 aromatic carbocycles. The lowest BCUT2D eigenvalue weighted by molar-refractivity contribution is 0.598. The molecule has 0 aromatic heterocycles. The van der Waals surface area contributed by atoms with Crippen molar-refractivity contribution in [3.8, 4) is 0 Å². The molecule has 3 heteroatoms. The zero-order chi connectivity index (χ0) is 13.8. The fraction of sp³-hybridized carbons (Fsp3) is 0.500. The molecule has 0 aliphatic heterocycles. The lowest BCUT2D eigenvalue weighted by Crippen LogP contribution is -2.26. The maximum absolute atomic E-state index is 3.87. The first-order chi connectivity index (χ1) is 9.17. The maximum atomic E-state index is 3.87. The summed E-state index contributed by atoms with van der Waals surface area (Å²) in [4.78, 5) is 2.44. The van der Waals surface area contributed by atoms with Crippen molar-refractivity contribution in [3.05, 3.63) is 40.9 Å². The van der Waals surface area contributed by atoms with Gasteiger partial charge in [-0.3, -0.25) is 0 Å². The van der Waals surface area contributed by atoms with Crippen LogP contribution in [0.3, 0.4) is 0 Å². The number of nitrogens with one attached hydrogen (secondary N) is 1. The summed E-state index contributed by atoms with van der Waals surface area (Å²) < 4.78 is 1.18. The third-order valence-corrected chi connectivity index (χ3v) is 4.24. The first-order valence-electron chi connectivity index (χ1n) is 7.07. The Morgan fingerprint density at radius 1 is 1.53 bits per heavy atom. The Labute approximate surface area is 125 Å². The molecule has 19 heavy (non-hydrogen) atoms. The van der Waals surface area contributed by atoms with Gasteiger partial charge in [0, 0.05) is 23.1 Å². The third-order valence-electron chi connectivity index (χ3n) is 3.60. The molecular weight excluding hydrogens is 300 g/mol. The van der Waals surface area contributed by atoms with Gasteiger partial charge < -0.3 is 10.2 Å². The lowest BCUT2D eigenvalue weighted by atomic mass is 10.1. The normalized spacial score (nSPS) is 16.2. The second-order valence-corrected chi connectivity index (χ2v) is 6.02. The molecule has 2 rings (SSSR count). The van der Waals surface area contributed by atoms with Crippen LogP contribution in [0.1, 0.15) is 38.3 Å². The summed E-state index contributed by atoms with van der Waals surface area (Å²) in [6.07, 6.45) is 4.59. The van der Waals surface area contributed by atoms with Crippen LogP contribution < -0.4 is 10.2 Å². The average Bonchev–Trinajstić information content (AvgIpc) is 3.21. The van der Waals surface area contributed by atoms with Crippen molar-refractivity contribution in [1.29, 1.82) is 0 Å². The van der Waals surface area contributed by atoms with Gasteiger partial charge >= 0.3 is 0 Å². The van der Waals surface area contributed by atoms with Gasteiger partial charge in [0.1, 0.15) is 0 Å². The van der Waals surface area contributed by atoms with E-state index in [1.165, 1.54) is 28.6 Å². The second kappa shape index (κ2) is 6.58. The van der Waals surface area contributed by atoms with Gasteiger partial charge in [-0.15, -0.1) is 6.58 Å². The zero-order valence-corrected chi connectivity index (χ0v) is 13.4. The van der Waals surface area contributed by atoms with Crippen LogP contribution in [-0.4, -0.2) is 19.1 Å². The number of hydrogen-bond acceptors (Lipinski definition) is 2. The number of rotatable bonds is 7. The highest BCUT2D eigenvalue weighted by Crippen LogP contribution is 2.36. The first-order valence-corrected chi connectivity index (χ1v) is 7.87. The number of nitrogens with zero attached hydrogens (tertiary/aromatic N) is 1. The minimum Gasteiger partial charge on any atom is -0.364 e. The van der Waals surface area contributed by atoms with Crippen LogP contribution in [0.15, 0.2) is 35.3 Å². The Bertz CT molecular complexity index is 440. The molecule has 0 bridgehead atoms. The van der Waals surface area contributed by atoms with Crippen LogP contribution in [-0.2, 0) is 0 Å². The molecule has 1 fully saturated rings. The van der Waals surface area contributed by atoms with Crippen molar-refractivity contribution in [2.75, 3.05) is 18.0 Å². The fourth-order valence-electron chi connectivity index (χ4n) is 2.42. The van der Waals surface area contributed by atoms with Gasteiger partial charge in [0.05, 0.1) is 5.69 Å². The van der Waals surface area contributed by atoms with Gasteiger partial charge in [-0.05, 0) is 59.9 Å². The summed E-state index contributed by atoms with van der Waals surface area (Å²) in [6.45, 7) is 10.1. The van der Waals surface area contributed by atoms with Gasteiger partial charge in [-0.1, -0.05) is 19.1 Å². The Morgan fingerprint density at radius 3 is 2.79 bits per heavy atom. The Hall–Kier alpha value is -0.800. The Kier molecular flexibility index (Phi) is 5.06. The lowest BCUT2D eigenvalue weighted by Gasteiger charge is -2.25. The largest absolute Gasteiger partial charge is 0.364 e. The van der Waals surface area contributed by atoms with Gasteiger partial charge in [-0.25, -0.2) is 0 Å². The minimum absolute atomic E-state index is 0.393. The van der Waals surface area contributed by atoms with Gasteiger partial charge in [0.25, 0.3) is 0 Å². The highest BCUT2D eigenvalue weighted by Gasteiger charge is 2.29. The smallest absolute Gasteiger partial charge is 0.0516 e. The SMILES string of the molecule is C=CCN(c1ccc(C(C)NCC)cc1Br)C1CC1. The number of anilines is 1. The molecule has 1 aromatic rings. The van der Waals surface area contributed by atoms with E-state index in [-0.39, 0.29) is 0 Å². The molecule has 0 saturated heterocycles. The molecule has 0 amide bonds. The van der Waals surface area contributed by atoms with Gasteiger partial charge in [0.15, 0.2) is 0 Å². The van der Waals surface area contributed by atoms with E-state index in [2.05, 4.69) is 64.8 Å². The van der Waals surface area contributed by atoms with E-state index < -0.39 is 0 Å². The van der Waals surface area contributed by atoms with Crippen molar-refractivity contribution in [2.45, 2.75) is 38.8 Å². The molecule has 0 spiro atoms. The fourth-order valence-corrected chi connectivity index (χ4v) is 3.04. The molecule has 1 N–H and O–H groups in total. The highest BCUT2D eigenvalue weighted by molar-refractivity contribution is 9.10. The quantitative estimate of drug-likeness (QED) is 0.754. The Morgan fingerprint density at radius 2 is 2.26 bits per heavy atom. The van der Waals surface area contributed by atoms with E-state index >= 15 is 0 Å². The number of benzene rings is 1. The van der Waals surface area contributed by atoms with Crippen molar-refractivity contribution in [1.82, 2.24) is 5.32 Å².